The molecule has 1 aromatic carbocycles. The lowest BCUT2D eigenvalue weighted by molar-refractivity contribution is -0.114. The van der Waals surface area contributed by atoms with Crippen molar-refractivity contribution in [3.05, 3.63) is 46.3 Å². The predicted molar refractivity (Wildman–Crippen MR) is 78.0 cm³/mol. The number of hydrogen-bond acceptors (Lipinski definition) is 3. The molecule has 0 aliphatic heterocycles. The number of rotatable bonds is 3. The molecule has 1 aromatic heterocycles. The normalized spacial score (nSPS) is 10.0. The van der Waals surface area contributed by atoms with Crippen LogP contribution in [0.4, 0.5) is 10.7 Å². The third-order valence-corrected chi connectivity index (χ3v) is 3.38. The molecule has 0 radical (unpaired) electrons. The second-order valence-electron chi connectivity index (χ2n) is 3.81. The van der Waals surface area contributed by atoms with Gasteiger partial charge in [-0.1, -0.05) is 11.6 Å². The van der Waals surface area contributed by atoms with Crippen molar-refractivity contribution in [3.8, 4) is 0 Å². The van der Waals surface area contributed by atoms with Crippen molar-refractivity contribution in [2.75, 3.05) is 10.6 Å². The van der Waals surface area contributed by atoms with Gasteiger partial charge in [0.1, 0.15) is 5.00 Å². The van der Waals surface area contributed by atoms with E-state index in [0.717, 1.165) is 0 Å². The van der Waals surface area contributed by atoms with Gasteiger partial charge >= 0.3 is 0 Å². The molecule has 2 rings (SSSR count). The molecule has 4 nitrogen and oxygen atoms in total. The minimum Gasteiger partial charge on any atom is -0.322 e. The zero-order chi connectivity index (χ0) is 13.8. The quantitative estimate of drug-likeness (QED) is 0.908. The zero-order valence-electron chi connectivity index (χ0n) is 10.1. The van der Waals surface area contributed by atoms with E-state index in [1.165, 1.54) is 18.3 Å². The first-order valence-corrected chi connectivity index (χ1v) is 6.74. The van der Waals surface area contributed by atoms with E-state index in [0.29, 0.717) is 21.3 Å². The van der Waals surface area contributed by atoms with Crippen LogP contribution in [0.15, 0.2) is 35.7 Å². The molecule has 2 N–H and O–H groups in total. The first-order valence-electron chi connectivity index (χ1n) is 5.48. The van der Waals surface area contributed by atoms with E-state index < -0.39 is 0 Å². The molecule has 0 fully saturated rings. The largest absolute Gasteiger partial charge is 0.322 e. The summed E-state index contributed by atoms with van der Waals surface area (Å²) in [5.41, 5.74) is 1.09. The smallest absolute Gasteiger partial charge is 0.258 e. The Morgan fingerprint density at radius 2 is 1.79 bits per heavy atom. The van der Waals surface area contributed by atoms with Gasteiger partial charge < -0.3 is 10.6 Å². The molecule has 2 amide bonds. The van der Waals surface area contributed by atoms with Crippen molar-refractivity contribution in [2.45, 2.75) is 6.92 Å². The SMILES string of the molecule is CC(=O)Nc1sccc1C(=O)Nc1ccc(Cl)cc1. The molecule has 0 saturated carbocycles. The number of hydrogen-bond donors (Lipinski definition) is 2. The van der Waals surface area contributed by atoms with Crippen molar-refractivity contribution in [3.63, 3.8) is 0 Å². The summed E-state index contributed by atoms with van der Waals surface area (Å²) in [4.78, 5) is 23.1. The molecule has 0 aliphatic carbocycles. The number of anilines is 2. The number of amides is 2. The maximum Gasteiger partial charge on any atom is 0.258 e. The maximum absolute atomic E-state index is 12.1. The lowest BCUT2D eigenvalue weighted by atomic mass is 10.2. The average Bonchev–Trinajstić information content (AvgIpc) is 2.79. The van der Waals surface area contributed by atoms with Gasteiger partial charge in [0.15, 0.2) is 0 Å². The van der Waals surface area contributed by atoms with Crippen molar-refractivity contribution in [1.82, 2.24) is 0 Å². The van der Waals surface area contributed by atoms with E-state index in [-0.39, 0.29) is 11.8 Å². The number of benzene rings is 1. The Morgan fingerprint density at radius 3 is 2.42 bits per heavy atom. The van der Waals surface area contributed by atoms with Crippen molar-refractivity contribution in [1.29, 1.82) is 0 Å². The second-order valence-corrected chi connectivity index (χ2v) is 5.16. The van der Waals surface area contributed by atoms with Crippen molar-refractivity contribution >= 4 is 45.4 Å². The Bertz CT molecular complexity index is 607. The Kier molecular flexibility index (Phi) is 4.19. The van der Waals surface area contributed by atoms with Crippen LogP contribution in [0.2, 0.25) is 5.02 Å². The average molecular weight is 295 g/mol. The van der Waals surface area contributed by atoms with E-state index in [9.17, 15) is 9.59 Å². The lowest BCUT2D eigenvalue weighted by Crippen LogP contribution is -2.14. The Hall–Kier alpha value is -1.85. The first-order chi connectivity index (χ1) is 9.06. The minimum absolute atomic E-state index is 0.206. The van der Waals surface area contributed by atoms with E-state index in [1.54, 1.807) is 35.7 Å². The summed E-state index contributed by atoms with van der Waals surface area (Å²) in [6.07, 6.45) is 0. The molecule has 98 valence electrons. The fraction of sp³-hybridized carbons (Fsp3) is 0.0769. The van der Waals surface area contributed by atoms with Crippen LogP contribution in [0.3, 0.4) is 0 Å². The Morgan fingerprint density at radius 1 is 1.11 bits per heavy atom. The van der Waals surface area contributed by atoms with Crippen LogP contribution in [-0.2, 0) is 4.79 Å². The van der Waals surface area contributed by atoms with E-state index >= 15 is 0 Å². The van der Waals surface area contributed by atoms with Gasteiger partial charge in [-0.05, 0) is 35.7 Å². The van der Waals surface area contributed by atoms with Gasteiger partial charge in [0, 0.05) is 17.6 Å². The molecular weight excluding hydrogens is 284 g/mol. The van der Waals surface area contributed by atoms with Gasteiger partial charge in [0.2, 0.25) is 5.91 Å². The summed E-state index contributed by atoms with van der Waals surface area (Å²) in [6, 6.07) is 8.48. The topological polar surface area (TPSA) is 58.2 Å². The first kappa shape index (κ1) is 13.6. The minimum atomic E-state index is -0.271. The summed E-state index contributed by atoms with van der Waals surface area (Å²) < 4.78 is 0. The van der Waals surface area contributed by atoms with Crippen LogP contribution >= 0.6 is 22.9 Å². The number of halogens is 1. The highest BCUT2D eigenvalue weighted by Gasteiger charge is 2.13. The second kappa shape index (κ2) is 5.86. The lowest BCUT2D eigenvalue weighted by Gasteiger charge is -2.06. The zero-order valence-corrected chi connectivity index (χ0v) is 11.6. The van der Waals surface area contributed by atoms with Crippen LogP contribution in [0.5, 0.6) is 0 Å². The van der Waals surface area contributed by atoms with Gasteiger partial charge in [0.25, 0.3) is 5.91 Å². The molecule has 0 saturated heterocycles. The Labute approximate surface area is 119 Å². The highest BCUT2D eigenvalue weighted by molar-refractivity contribution is 7.14. The highest BCUT2D eigenvalue weighted by atomic mass is 35.5. The highest BCUT2D eigenvalue weighted by Crippen LogP contribution is 2.24. The van der Waals surface area contributed by atoms with Gasteiger partial charge in [-0.15, -0.1) is 11.3 Å². The van der Waals surface area contributed by atoms with Crippen LogP contribution in [-0.4, -0.2) is 11.8 Å². The predicted octanol–water partition coefficient (Wildman–Crippen LogP) is 3.61. The van der Waals surface area contributed by atoms with Gasteiger partial charge in [-0.2, -0.15) is 0 Å². The van der Waals surface area contributed by atoms with Gasteiger partial charge in [-0.25, -0.2) is 0 Å². The summed E-state index contributed by atoms with van der Waals surface area (Å²) in [6.45, 7) is 1.40. The molecule has 2 aromatic rings. The third-order valence-electron chi connectivity index (χ3n) is 2.30. The molecule has 0 spiro atoms. The summed E-state index contributed by atoms with van der Waals surface area (Å²) in [7, 11) is 0. The molecule has 0 bridgehead atoms. The fourth-order valence-electron chi connectivity index (χ4n) is 1.48. The standard InChI is InChI=1S/C13H11ClN2O2S/c1-8(17)15-13-11(6-7-19-13)12(18)16-10-4-2-9(14)3-5-10/h2-7H,1H3,(H,15,17)(H,16,18). The van der Waals surface area contributed by atoms with Crippen LogP contribution in [0, 0.1) is 0 Å². The van der Waals surface area contributed by atoms with Crippen molar-refractivity contribution < 1.29 is 9.59 Å². The third kappa shape index (κ3) is 3.56. The maximum atomic E-state index is 12.1. The number of carbonyl (C=O) groups is 2. The van der Waals surface area contributed by atoms with E-state index in [2.05, 4.69) is 10.6 Å². The number of thiophene rings is 1. The molecule has 19 heavy (non-hydrogen) atoms. The molecule has 0 atom stereocenters. The number of carbonyl (C=O) groups excluding carboxylic acids is 2. The summed E-state index contributed by atoms with van der Waals surface area (Å²) in [5, 5.41) is 8.27. The van der Waals surface area contributed by atoms with Crippen LogP contribution in [0.1, 0.15) is 17.3 Å². The van der Waals surface area contributed by atoms with Crippen LogP contribution < -0.4 is 10.6 Å². The van der Waals surface area contributed by atoms with Gasteiger partial charge in [0.05, 0.1) is 5.56 Å². The summed E-state index contributed by atoms with van der Waals surface area (Å²) in [5.74, 6) is -0.477. The van der Waals surface area contributed by atoms with E-state index in [1.807, 2.05) is 0 Å². The summed E-state index contributed by atoms with van der Waals surface area (Å²) >= 11 is 7.08. The van der Waals surface area contributed by atoms with E-state index in [4.69, 9.17) is 11.6 Å². The van der Waals surface area contributed by atoms with Crippen LogP contribution in [0.25, 0.3) is 0 Å². The van der Waals surface area contributed by atoms with Crippen molar-refractivity contribution in [2.24, 2.45) is 0 Å². The van der Waals surface area contributed by atoms with Gasteiger partial charge in [-0.3, -0.25) is 9.59 Å². The molecule has 6 heteroatoms. The molecule has 0 aliphatic rings. The monoisotopic (exact) mass is 294 g/mol. The molecule has 1 heterocycles. The molecular formula is C13H11ClN2O2S. The fourth-order valence-corrected chi connectivity index (χ4v) is 2.43. The molecule has 0 unspecified atom stereocenters. The number of nitrogens with one attached hydrogen (secondary N) is 2. The Balaban J connectivity index is 2.14.